The van der Waals surface area contributed by atoms with Crippen molar-refractivity contribution in [2.45, 2.75) is 45.2 Å². The minimum absolute atomic E-state index is 0.862. The molecule has 0 unspecified atom stereocenters. The van der Waals surface area contributed by atoms with Gasteiger partial charge in [-0.15, -0.1) is 10.2 Å². The van der Waals surface area contributed by atoms with E-state index in [0.717, 1.165) is 31.9 Å². The van der Waals surface area contributed by atoms with Crippen LogP contribution in [0.25, 0.3) is 0 Å². The fraction of sp³-hybridized carbons (Fsp3) is 0.846. The van der Waals surface area contributed by atoms with Gasteiger partial charge in [-0.25, -0.2) is 0 Å². The molecule has 1 N–H and O–H groups in total. The second kappa shape index (κ2) is 5.80. The number of aromatic nitrogens is 3. The number of hydrogen-bond donors (Lipinski definition) is 1. The molecule has 0 aromatic carbocycles. The molecular weight excluding hydrogens is 226 g/mol. The lowest BCUT2D eigenvalue weighted by molar-refractivity contribution is 0.334. The molecule has 0 radical (unpaired) electrons. The lowest BCUT2D eigenvalue weighted by Gasteiger charge is -2.16. The summed E-state index contributed by atoms with van der Waals surface area (Å²) in [5.41, 5.74) is 0. The molecule has 0 atom stereocenters. The minimum Gasteiger partial charge on any atom is -0.314 e. The first-order valence-electron chi connectivity index (χ1n) is 7.27. The van der Waals surface area contributed by atoms with Gasteiger partial charge < -0.3 is 14.8 Å². The van der Waals surface area contributed by atoms with E-state index in [2.05, 4.69) is 25.0 Å². The number of fused-ring (bicyclic) bond motifs is 1. The summed E-state index contributed by atoms with van der Waals surface area (Å²) in [7, 11) is 0. The van der Waals surface area contributed by atoms with Gasteiger partial charge in [-0.2, -0.15) is 0 Å². The fourth-order valence-electron chi connectivity index (χ4n) is 2.94. The van der Waals surface area contributed by atoms with Gasteiger partial charge in [-0.3, -0.25) is 0 Å². The van der Waals surface area contributed by atoms with Crippen molar-refractivity contribution < 1.29 is 0 Å². The number of hydrogen-bond acceptors (Lipinski definition) is 4. The van der Waals surface area contributed by atoms with Crippen LogP contribution in [-0.2, 0) is 19.5 Å². The van der Waals surface area contributed by atoms with Crippen LogP contribution in [0.4, 0.5) is 0 Å². The topological polar surface area (TPSA) is 46.0 Å². The van der Waals surface area contributed by atoms with Crippen LogP contribution in [0.1, 0.15) is 37.3 Å². The molecule has 0 aliphatic carbocycles. The third-order valence-electron chi connectivity index (χ3n) is 4.02. The number of aryl methyl sites for hydroxylation is 1. The Morgan fingerprint density at radius 3 is 2.72 bits per heavy atom. The van der Waals surface area contributed by atoms with Gasteiger partial charge in [0.05, 0.1) is 6.54 Å². The zero-order valence-corrected chi connectivity index (χ0v) is 11.1. The van der Waals surface area contributed by atoms with E-state index in [1.54, 1.807) is 0 Å². The molecule has 2 aliphatic heterocycles. The SMILES string of the molecule is C1CCn2c(nnc2CNCCN2CCCC2)C1. The van der Waals surface area contributed by atoms with Crippen molar-refractivity contribution >= 4 is 0 Å². The summed E-state index contributed by atoms with van der Waals surface area (Å²) in [6.07, 6.45) is 6.38. The molecule has 18 heavy (non-hydrogen) atoms. The standard InChI is InChI=1S/C13H23N5/c1-2-9-18-12(5-1)15-16-13(18)11-14-6-10-17-7-3-4-8-17/h14H,1-11H2. The van der Waals surface area contributed by atoms with Crippen LogP contribution < -0.4 is 5.32 Å². The van der Waals surface area contributed by atoms with Crippen LogP contribution in [-0.4, -0.2) is 45.8 Å². The van der Waals surface area contributed by atoms with Crippen LogP contribution in [0.5, 0.6) is 0 Å². The molecule has 2 aliphatic rings. The number of nitrogens with zero attached hydrogens (tertiary/aromatic N) is 4. The van der Waals surface area contributed by atoms with Crippen LogP contribution in [0.2, 0.25) is 0 Å². The molecule has 3 rings (SSSR count). The zero-order chi connectivity index (χ0) is 12.2. The van der Waals surface area contributed by atoms with Gasteiger partial charge in [0.1, 0.15) is 11.6 Å². The van der Waals surface area contributed by atoms with Gasteiger partial charge >= 0.3 is 0 Å². The predicted octanol–water partition coefficient (Wildman–Crippen LogP) is 0.800. The quantitative estimate of drug-likeness (QED) is 0.784. The molecule has 5 heteroatoms. The highest BCUT2D eigenvalue weighted by Crippen LogP contribution is 2.13. The van der Waals surface area contributed by atoms with Crippen molar-refractivity contribution in [1.82, 2.24) is 25.0 Å². The van der Waals surface area contributed by atoms with Crippen molar-refractivity contribution in [2.24, 2.45) is 0 Å². The van der Waals surface area contributed by atoms with Gasteiger partial charge in [-0.05, 0) is 38.8 Å². The molecule has 0 bridgehead atoms. The summed E-state index contributed by atoms with van der Waals surface area (Å²) in [5, 5.41) is 12.1. The summed E-state index contributed by atoms with van der Waals surface area (Å²) >= 11 is 0. The summed E-state index contributed by atoms with van der Waals surface area (Å²) in [6.45, 7) is 6.75. The van der Waals surface area contributed by atoms with E-state index >= 15 is 0 Å². The first-order valence-corrected chi connectivity index (χ1v) is 7.27. The van der Waals surface area contributed by atoms with E-state index in [0.29, 0.717) is 0 Å². The van der Waals surface area contributed by atoms with Crippen molar-refractivity contribution in [2.75, 3.05) is 26.2 Å². The first kappa shape index (κ1) is 12.1. The van der Waals surface area contributed by atoms with Gasteiger partial charge in [0.25, 0.3) is 0 Å². The molecule has 0 saturated carbocycles. The van der Waals surface area contributed by atoms with Crippen LogP contribution >= 0.6 is 0 Å². The van der Waals surface area contributed by atoms with E-state index in [1.165, 1.54) is 51.1 Å². The van der Waals surface area contributed by atoms with Gasteiger partial charge in [0, 0.05) is 26.1 Å². The second-order valence-corrected chi connectivity index (χ2v) is 5.37. The van der Waals surface area contributed by atoms with E-state index in [1.807, 2.05) is 0 Å². The number of rotatable bonds is 5. The van der Waals surface area contributed by atoms with Crippen LogP contribution in [0, 0.1) is 0 Å². The summed E-state index contributed by atoms with van der Waals surface area (Å²) in [5.74, 6) is 2.30. The maximum Gasteiger partial charge on any atom is 0.147 e. The summed E-state index contributed by atoms with van der Waals surface area (Å²) in [4.78, 5) is 2.53. The highest BCUT2D eigenvalue weighted by Gasteiger charge is 2.15. The van der Waals surface area contributed by atoms with Crippen LogP contribution in [0.15, 0.2) is 0 Å². The Labute approximate surface area is 109 Å². The lowest BCUT2D eigenvalue weighted by atomic mass is 10.2. The van der Waals surface area contributed by atoms with Crippen molar-refractivity contribution in [3.8, 4) is 0 Å². The van der Waals surface area contributed by atoms with E-state index in [4.69, 9.17) is 0 Å². The Kier molecular flexibility index (Phi) is 3.90. The predicted molar refractivity (Wildman–Crippen MR) is 70.3 cm³/mol. The smallest absolute Gasteiger partial charge is 0.147 e. The average molecular weight is 249 g/mol. The van der Waals surface area contributed by atoms with Crippen molar-refractivity contribution in [3.05, 3.63) is 11.6 Å². The molecule has 0 spiro atoms. The Morgan fingerprint density at radius 1 is 1.00 bits per heavy atom. The van der Waals surface area contributed by atoms with E-state index in [9.17, 15) is 0 Å². The molecular formula is C13H23N5. The maximum atomic E-state index is 4.30. The monoisotopic (exact) mass is 249 g/mol. The summed E-state index contributed by atoms with van der Waals surface area (Å²) < 4.78 is 2.30. The number of nitrogens with one attached hydrogen (secondary N) is 1. The van der Waals surface area contributed by atoms with Crippen molar-refractivity contribution in [1.29, 1.82) is 0 Å². The molecule has 1 aromatic heterocycles. The maximum absolute atomic E-state index is 4.30. The Balaban J connectivity index is 1.43. The second-order valence-electron chi connectivity index (χ2n) is 5.37. The van der Waals surface area contributed by atoms with Gasteiger partial charge in [-0.1, -0.05) is 0 Å². The molecule has 5 nitrogen and oxygen atoms in total. The molecule has 3 heterocycles. The molecule has 1 fully saturated rings. The van der Waals surface area contributed by atoms with Crippen molar-refractivity contribution in [3.63, 3.8) is 0 Å². The largest absolute Gasteiger partial charge is 0.314 e. The van der Waals surface area contributed by atoms with Crippen LogP contribution in [0.3, 0.4) is 0 Å². The molecule has 0 amide bonds. The summed E-state index contributed by atoms with van der Waals surface area (Å²) in [6, 6.07) is 0. The zero-order valence-electron chi connectivity index (χ0n) is 11.1. The third-order valence-corrected chi connectivity index (χ3v) is 4.02. The van der Waals surface area contributed by atoms with E-state index < -0.39 is 0 Å². The Morgan fingerprint density at radius 2 is 1.83 bits per heavy atom. The van der Waals surface area contributed by atoms with Gasteiger partial charge in [0.2, 0.25) is 0 Å². The molecule has 1 aromatic rings. The number of likely N-dealkylation sites (tertiary alicyclic amines) is 1. The molecule has 100 valence electrons. The normalized spacial score (nSPS) is 20.2. The molecule has 1 saturated heterocycles. The first-order chi connectivity index (χ1) is 8.93. The Bertz CT molecular complexity index is 381. The highest BCUT2D eigenvalue weighted by atomic mass is 15.3. The fourth-order valence-corrected chi connectivity index (χ4v) is 2.94. The van der Waals surface area contributed by atoms with E-state index in [-0.39, 0.29) is 0 Å². The minimum atomic E-state index is 0.862. The lowest BCUT2D eigenvalue weighted by Crippen LogP contribution is -2.30. The van der Waals surface area contributed by atoms with Gasteiger partial charge in [0.15, 0.2) is 0 Å². The third kappa shape index (κ3) is 2.72. The average Bonchev–Trinajstić information content (AvgIpc) is 3.04. The Hall–Kier alpha value is -0.940. The highest BCUT2D eigenvalue weighted by molar-refractivity contribution is 4.98.